The zero-order chi connectivity index (χ0) is 5.82. The summed E-state index contributed by atoms with van der Waals surface area (Å²) in [4.78, 5) is 4.05. The Balaban J connectivity index is 2.40. The molecule has 2 heteroatoms. The van der Waals surface area contributed by atoms with Crippen molar-refractivity contribution in [2.45, 2.75) is 12.5 Å². The molecule has 1 N–H and O–H groups in total. The second kappa shape index (κ2) is 2.64. The van der Waals surface area contributed by atoms with Crippen LogP contribution < -0.4 is 0 Å². The van der Waals surface area contributed by atoms with E-state index in [0.717, 1.165) is 6.42 Å². The fourth-order valence-corrected chi connectivity index (χ4v) is 0.636. The first-order chi connectivity index (χ1) is 3.93. The molecule has 1 rings (SSSR count). The normalized spacial score (nSPS) is 26.4. The molecule has 0 heterocycles. The Labute approximate surface area is 48.0 Å². The monoisotopic (exact) mass is 112 g/mol. The van der Waals surface area contributed by atoms with Crippen LogP contribution >= 0.6 is 0 Å². The maximum atomic E-state index is 8.11. The van der Waals surface area contributed by atoms with E-state index in [4.69, 9.17) is 5.26 Å². The minimum Gasteiger partial charge on any atom is -0.251 e. The molecule has 1 atom stereocenters. The zero-order valence-electron chi connectivity index (χ0n) is 4.45. The quantitative estimate of drug-likeness (QED) is 0.410. The predicted octanol–water partition coefficient (Wildman–Crippen LogP) is 1.36. The predicted molar refractivity (Wildman–Crippen MR) is 30.4 cm³/mol. The molecule has 1 aliphatic rings. The largest absolute Gasteiger partial charge is 0.251 e. The van der Waals surface area contributed by atoms with E-state index in [1.54, 1.807) is 6.08 Å². The molecule has 0 fully saturated rings. The van der Waals surface area contributed by atoms with Crippen molar-refractivity contribution in [2.75, 3.05) is 0 Å². The first-order valence-corrected chi connectivity index (χ1v) is 2.57. The van der Waals surface area contributed by atoms with Crippen LogP contribution in [0.3, 0.4) is 0 Å². The van der Waals surface area contributed by atoms with E-state index in [2.05, 4.69) is 4.89 Å². The van der Waals surface area contributed by atoms with Crippen molar-refractivity contribution >= 4 is 0 Å². The van der Waals surface area contributed by atoms with Crippen molar-refractivity contribution < 1.29 is 10.1 Å². The molecule has 8 heavy (non-hydrogen) atoms. The van der Waals surface area contributed by atoms with E-state index >= 15 is 0 Å². The van der Waals surface area contributed by atoms with Gasteiger partial charge in [0.1, 0.15) is 6.10 Å². The van der Waals surface area contributed by atoms with Gasteiger partial charge in [-0.25, -0.2) is 4.89 Å². The van der Waals surface area contributed by atoms with Gasteiger partial charge in [-0.2, -0.15) is 0 Å². The summed E-state index contributed by atoms with van der Waals surface area (Å²) < 4.78 is 0. The second-order valence-corrected chi connectivity index (χ2v) is 1.69. The molecular formula is C6H8O2. The van der Waals surface area contributed by atoms with Crippen molar-refractivity contribution in [3.63, 3.8) is 0 Å². The molecule has 44 valence electrons. The third kappa shape index (κ3) is 1.18. The van der Waals surface area contributed by atoms with E-state index in [9.17, 15) is 0 Å². The molecule has 0 aromatic carbocycles. The zero-order valence-corrected chi connectivity index (χ0v) is 4.45. The molecule has 0 saturated carbocycles. The van der Waals surface area contributed by atoms with Crippen LogP contribution in [0.5, 0.6) is 0 Å². The van der Waals surface area contributed by atoms with E-state index in [1.807, 2.05) is 18.2 Å². The van der Waals surface area contributed by atoms with Crippen molar-refractivity contribution in [3.05, 3.63) is 24.3 Å². The van der Waals surface area contributed by atoms with Crippen LogP contribution in [0.2, 0.25) is 0 Å². The molecule has 1 aliphatic carbocycles. The first kappa shape index (κ1) is 5.54. The molecule has 0 aliphatic heterocycles. The summed E-state index contributed by atoms with van der Waals surface area (Å²) >= 11 is 0. The van der Waals surface area contributed by atoms with Crippen LogP contribution in [0.4, 0.5) is 0 Å². The van der Waals surface area contributed by atoms with Crippen LogP contribution in [-0.4, -0.2) is 11.4 Å². The van der Waals surface area contributed by atoms with Crippen LogP contribution in [0.15, 0.2) is 24.3 Å². The molecule has 0 aromatic heterocycles. The molecule has 2 nitrogen and oxygen atoms in total. The SMILES string of the molecule is OOC1C=CC=CC1. The van der Waals surface area contributed by atoms with Crippen LogP contribution in [0.1, 0.15) is 6.42 Å². The number of allylic oxidation sites excluding steroid dienone is 2. The maximum absolute atomic E-state index is 8.11. The average molecular weight is 112 g/mol. The van der Waals surface area contributed by atoms with Gasteiger partial charge in [-0.05, 0) is 6.42 Å². The molecule has 0 radical (unpaired) electrons. The lowest BCUT2D eigenvalue weighted by Crippen LogP contribution is -2.06. The van der Waals surface area contributed by atoms with Gasteiger partial charge in [0, 0.05) is 0 Å². The lowest BCUT2D eigenvalue weighted by molar-refractivity contribution is -0.265. The fraction of sp³-hybridized carbons (Fsp3) is 0.333. The Morgan fingerprint density at radius 1 is 1.50 bits per heavy atom. The van der Waals surface area contributed by atoms with Crippen molar-refractivity contribution in [3.8, 4) is 0 Å². The van der Waals surface area contributed by atoms with Crippen LogP contribution in [0, 0.1) is 0 Å². The number of hydrogen-bond donors (Lipinski definition) is 1. The van der Waals surface area contributed by atoms with Gasteiger partial charge in [-0.1, -0.05) is 24.3 Å². The van der Waals surface area contributed by atoms with Gasteiger partial charge in [-0.3, -0.25) is 5.26 Å². The summed E-state index contributed by atoms with van der Waals surface area (Å²) in [7, 11) is 0. The van der Waals surface area contributed by atoms with E-state index in [1.165, 1.54) is 0 Å². The summed E-state index contributed by atoms with van der Waals surface area (Å²) in [6, 6.07) is 0. The average Bonchev–Trinajstić information content (AvgIpc) is 1.90. The van der Waals surface area contributed by atoms with Gasteiger partial charge in [-0.15, -0.1) is 0 Å². The van der Waals surface area contributed by atoms with Gasteiger partial charge < -0.3 is 0 Å². The molecule has 0 saturated heterocycles. The fourth-order valence-electron chi connectivity index (χ4n) is 0.636. The summed E-state index contributed by atoms with van der Waals surface area (Å²) in [6.07, 6.45) is 8.17. The Hall–Kier alpha value is -0.600. The first-order valence-electron chi connectivity index (χ1n) is 2.57. The van der Waals surface area contributed by atoms with Crippen molar-refractivity contribution in [1.29, 1.82) is 0 Å². The molecule has 0 aromatic rings. The number of rotatable bonds is 1. The second-order valence-electron chi connectivity index (χ2n) is 1.69. The minimum atomic E-state index is -0.125. The topological polar surface area (TPSA) is 29.5 Å². The highest BCUT2D eigenvalue weighted by Crippen LogP contribution is 2.04. The van der Waals surface area contributed by atoms with Crippen LogP contribution in [0.25, 0.3) is 0 Å². The summed E-state index contributed by atoms with van der Waals surface area (Å²) in [5, 5.41) is 8.11. The highest BCUT2D eigenvalue weighted by atomic mass is 17.1. The highest BCUT2D eigenvalue weighted by Gasteiger charge is 2.01. The summed E-state index contributed by atoms with van der Waals surface area (Å²) in [5.74, 6) is 0. The van der Waals surface area contributed by atoms with Gasteiger partial charge in [0.2, 0.25) is 0 Å². The van der Waals surface area contributed by atoms with Crippen molar-refractivity contribution in [1.82, 2.24) is 0 Å². The lowest BCUT2D eigenvalue weighted by Gasteiger charge is -2.06. The van der Waals surface area contributed by atoms with E-state index < -0.39 is 0 Å². The molecule has 0 spiro atoms. The Morgan fingerprint density at radius 3 is 2.75 bits per heavy atom. The standard InChI is InChI=1S/C6H8O2/c7-8-6-4-2-1-3-5-6/h1-4,6-7H,5H2. The smallest absolute Gasteiger partial charge is 0.115 e. The number of hydrogen-bond acceptors (Lipinski definition) is 2. The third-order valence-electron chi connectivity index (χ3n) is 1.08. The lowest BCUT2D eigenvalue weighted by atomic mass is 10.1. The molecule has 1 unspecified atom stereocenters. The molecular weight excluding hydrogens is 104 g/mol. The minimum absolute atomic E-state index is 0.125. The van der Waals surface area contributed by atoms with Gasteiger partial charge in [0.15, 0.2) is 0 Å². The Bertz CT molecular complexity index is 116. The summed E-state index contributed by atoms with van der Waals surface area (Å²) in [6.45, 7) is 0. The van der Waals surface area contributed by atoms with Crippen LogP contribution in [-0.2, 0) is 4.89 Å². The Kier molecular flexibility index (Phi) is 1.83. The Morgan fingerprint density at radius 2 is 2.38 bits per heavy atom. The highest BCUT2D eigenvalue weighted by molar-refractivity contribution is 5.11. The van der Waals surface area contributed by atoms with E-state index in [-0.39, 0.29) is 6.10 Å². The molecule has 0 bridgehead atoms. The van der Waals surface area contributed by atoms with Gasteiger partial charge >= 0.3 is 0 Å². The van der Waals surface area contributed by atoms with Crippen molar-refractivity contribution in [2.24, 2.45) is 0 Å². The van der Waals surface area contributed by atoms with Gasteiger partial charge in [0.05, 0.1) is 0 Å². The van der Waals surface area contributed by atoms with E-state index in [0.29, 0.717) is 0 Å². The molecule has 0 amide bonds. The third-order valence-corrected chi connectivity index (χ3v) is 1.08. The summed E-state index contributed by atoms with van der Waals surface area (Å²) in [5.41, 5.74) is 0. The maximum Gasteiger partial charge on any atom is 0.115 e. The van der Waals surface area contributed by atoms with Gasteiger partial charge in [0.25, 0.3) is 0 Å².